The molecule has 3 fully saturated rings. The summed E-state index contributed by atoms with van der Waals surface area (Å²) in [5.41, 5.74) is 0.702. The predicted molar refractivity (Wildman–Crippen MR) is 97.5 cm³/mol. The fourth-order valence-electron chi connectivity index (χ4n) is 4.33. The number of thioether (sulfide) groups is 1. The molecule has 2 bridgehead atoms. The molecule has 4 atom stereocenters. The van der Waals surface area contributed by atoms with Gasteiger partial charge in [-0.15, -0.1) is 11.8 Å². The number of fused-ring (bicyclic) bond motifs is 2. The Morgan fingerprint density at radius 2 is 1.92 bits per heavy atom. The largest absolute Gasteiger partial charge is 0.335 e. The van der Waals surface area contributed by atoms with Crippen molar-refractivity contribution in [1.82, 2.24) is 14.8 Å². The molecule has 0 N–H and O–H groups in total. The second kappa shape index (κ2) is 6.63. The van der Waals surface area contributed by atoms with Gasteiger partial charge in [-0.2, -0.15) is 0 Å². The van der Waals surface area contributed by atoms with E-state index >= 15 is 0 Å². The number of pyridine rings is 1. The molecule has 0 aromatic carbocycles. The number of aromatic nitrogens is 1. The van der Waals surface area contributed by atoms with Crippen molar-refractivity contribution >= 4 is 23.6 Å². The fraction of sp³-hybridized carbons (Fsp3) is 0.632. The van der Waals surface area contributed by atoms with Gasteiger partial charge in [0.1, 0.15) is 0 Å². The molecule has 0 radical (unpaired) electrons. The summed E-state index contributed by atoms with van der Waals surface area (Å²) in [7, 11) is 0. The highest BCUT2D eigenvalue weighted by atomic mass is 32.2. The van der Waals surface area contributed by atoms with Crippen molar-refractivity contribution in [2.45, 2.75) is 49.7 Å². The summed E-state index contributed by atoms with van der Waals surface area (Å²) in [6, 6.07) is 4.05. The van der Waals surface area contributed by atoms with Crippen molar-refractivity contribution in [3.63, 3.8) is 0 Å². The SMILES string of the molecule is CSc1cc(C(=O)N2CC3CCCC(C2)N3C(=O)[C@H]2C[C@@H]2C)ccn1. The van der Waals surface area contributed by atoms with Gasteiger partial charge < -0.3 is 9.80 Å². The van der Waals surface area contributed by atoms with Crippen LogP contribution in [-0.2, 0) is 4.79 Å². The van der Waals surface area contributed by atoms with Crippen molar-refractivity contribution in [3.05, 3.63) is 23.9 Å². The zero-order valence-corrected chi connectivity index (χ0v) is 15.7. The normalized spacial score (nSPS) is 31.0. The van der Waals surface area contributed by atoms with Crippen LogP contribution in [0.25, 0.3) is 0 Å². The average molecular weight is 359 g/mol. The quantitative estimate of drug-likeness (QED) is 0.779. The van der Waals surface area contributed by atoms with Crippen LogP contribution in [-0.4, -0.2) is 58.0 Å². The molecule has 1 saturated carbocycles. The maximum Gasteiger partial charge on any atom is 0.254 e. The van der Waals surface area contributed by atoms with Gasteiger partial charge in [0.05, 0.1) is 5.03 Å². The van der Waals surface area contributed by atoms with Gasteiger partial charge in [0, 0.05) is 42.9 Å². The van der Waals surface area contributed by atoms with E-state index < -0.39 is 0 Å². The number of amides is 2. The van der Waals surface area contributed by atoms with Crippen LogP contribution in [0.3, 0.4) is 0 Å². The molecule has 25 heavy (non-hydrogen) atoms. The number of nitrogens with zero attached hydrogens (tertiary/aromatic N) is 3. The number of carbonyl (C=O) groups is 2. The molecule has 2 saturated heterocycles. The van der Waals surface area contributed by atoms with E-state index in [9.17, 15) is 9.59 Å². The highest BCUT2D eigenvalue weighted by Crippen LogP contribution is 2.42. The van der Waals surface area contributed by atoms with Crippen LogP contribution in [0.15, 0.2) is 23.4 Å². The van der Waals surface area contributed by atoms with E-state index in [0.29, 0.717) is 30.5 Å². The third kappa shape index (κ3) is 3.16. The van der Waals surface area contributed by atoms with Crippen molar-refractivity contribution in [3.8, 4) is 0 Å². The van der Waals surface area contributed by atoms with Gasteiger partial charge in [-0.1, -0.05) is 6.92 Å². The second-order valence-electron chi connectivity index (χ2n) is 7.60. The molecule has 0 spiro atoms. The summed E-state index contributed by atoms with van der Waals surface area (Å²) in [5.74, 6) is 1.17. The molecule has 3 heterocycles. The number of carbonyl (C=O) groups excluding carboxylic acids is 2. The monoisotopic (exact) mass is 359 g/mol. The van der Waals surface area contributed by atoms with Crippen molar-refractivity contribution < 1.29 is 9.59 Å². The Balaban J connectivity index is 1.51. The lowest BCUT2D eigenvalue weighted by atomic mass is 9.90. The van der Waals surface area contributed by atoms with Gasteiger partial charge in [0.2, 0.25) is 5.91 Å². The molecular weight excluding hydrogens is 334 g/mol. The topological polar surface area (TPSA) is 53.5 Å². The molecular formula is C19H25N3O2S. The first-order chi connectivity index (χ1) is 12.1. The van der Waals surface area contributed by atoms with E-state index in [1.54, 1.807) is 24.0 Å². The van der Waals surface area contributed by atoms with E-state index in [1.807, 2.05) is 17.2 Å². The van der Waals surface area contributed by atoms with Crippen LogP contribution in [0.5, 0.6) is 0 Å². The third-order valence-corrected chi connectivity index (χ3v) is 6.52. The number of piperidine rings is 1. The minimum Gasteiger partial charge on any atom is -0.335 e. The van der Waals surface area contributed by atoms with E-state index in [1.165, 1.54) is 0 Å². The molecule has 4 rings (SSSR count). The molecule has 2 amide bonds. The summed E-state index contributed by atoms with van der Waals surface area (Å²) in [5, 5.41) is 0.863. The Kier molecular flexibility index (Phi) is 4.48. The number of rotatable bonds is 3. The average Bonchev–Trinajstić information content (AvgIpc) is 3.36. The molecule has 6 heteroatoms. The molecule has 5 nitrogen and oxygen atoms in total. The number of hydrogen-bond acceptors (Lipinski definition) is 4. The summed E-state index contributed by atoms with van der Waals surface area (Å²) in [4.78, 5) is 34.1. The lowest BCUT2D eigenvalue weighted by molar-refractivity contribution is -0.144. The number of likely N-dealkylation sites (tertiary alicyclic amines) is 1. The van der Waals surface area contributed by atoms with Crippen molar-refractivity contribution in [2.24, 2.45) is 11.8 Å². The van der Waals surface area contributed by atoms with Crippen LogP contribution < -0.4 is 0 Å². The Labute approximate surface area is 153 Å². The summed E-state index contributed by atoms with van der Waals surface area (Å²) in [6.45, 7) is 3.49. The first-order valence-corrected chi connectivity index (χ1v) is 10.4. The summed E-state index contributed by atoms with van der Waals surface area (Å²) >= 11 is 1.54. The van der Waals surface area contributed by atoms with Crippen molar-refractivity contribution in [2.75, 3.05) is 19.3 Å². The van der Waals surface area contributed by atoms with E-state index in [4.69, 9.17) is 0 Å². The standard InChI is InChI=1S/C19H25N3O2S/c1-12-8-16(12)19(24)22-14-4-3-5-15(22)11-21(10-14)18(23)13-6-7-20-17(9-13)25-2/h6-7,9,12,14-16H,3-5,8,10-11H2,1-2H3/t12-,14?,15?,16-/m0/s1. The minimum atomic E-state index is 0.0708. The second-order valence-corrected chi connectivity index (χ2v) is 8.43. The van der Waals surface area contributed by atoms with Crippen molar-refractivity contribution in [1.29, 1.82) is 0 Å². The van der Waals surface area contributed by atoms with Gasteiger partial charge in [-0.3, -0.25) is 9.59 Å². The zero-order valence-electron chi connectivity index (χ0n) is 14.9. The van der Waals surface area contributed by atoms with Crippen LogP contribution in [0, 0.1) is 11.8 Å². The Hall–Kier alpha value is -1.56. The van der Waals surface area contributed by atoms with E-state index in [2.05, 4.69) is 16.8 Å². The van der Waals surface area contributed by atoms with Gasteiger partial charge in [0.25, 0.3) is 5.91 Å². The molecule has 3 aliphatic rings. The lowest BCUT2D eigenvalue weighted by Gasteiger charge is -2.50. The molecule has 2 aliphatic heterocycles. The molecule has 1 aromatic heterocycles. The smallest absolute Gasteiger partial charge is 0.254 e. The Morgan fingerprint density at radius 1 is 1.24 bits per heavy atom. The zero-order chi connectivity index (χ0) is 17.6. The number of hydrogen-bond donors (Lipinski definition) is 0. The fourth-order valence-corrected chi connectivity index (χ4v) is 4.74. The minimum absolute atomic E-state index is 0.0708. The van der Waals surface area contributed by atoms with Gasteiger partial charge in [0.15, 0.2) is 0 Å². The van der Waals surface area contributed by atoms with E-state index in [-0.39, 0.29) is 23.9 Å². The third-order valence-electron chi connectivity index (χ3n) is 5.88. The highest BCUT2D eigenvalue weighted by Gasteiger charge is 2.48. The highest BCUT2D eigenvalue weighted by molar-refractivity contribution is 7.98. The Bertz CT molecular complexity index is 681. The summed E-state index contributed by atoms with van der Waals surface area (Å²) in [6.07, 6.45) is 7.89. The van der Waals surface area contributed by atoms with Crippen LogP contribution in [0.4, 0.5) is 0 Å². The molecule has 1 aliphatic carbocycles. The number of piperazine rings is 1. The van der Waals surface area contributed by atoms with Gasteiger partial charge >= 0.3 is 0 Å². The first-order valence-electron chi connectivity index (χ1n) is 9.20. The molecule has 134 valence electrons. The summed E-state index contributed by atoms with van der Waals surface area (Å²) < 4.78 is 0. The maximum absolute atomic E-state index is 13.0. The van der Waals surface area contributed by atoms with Crippen LogP contribution in [0.1, 0.15) is 43.0 Å². The molecule has 2 unspecified atom stereocenters. The van der Waals surface area contributed by atoms with Gasteiger partial charge in [-0.25, -0.2) is 4.98 Å². The predicted octanol–water partition coefficient (Wildman–Crippen LogP) is 2.67. The van der Waals surface area contributed by atoms with Gasteiger partial charge in [-0.05, 0) is 50.0 Å². The van der Waals surface area contributed by atoms with Crippen LogP contribution in [0.2, 0.25) is 0 Å². The maximum atomic E-state index is 13.0. The van der Waals surface area contributed by atoms with Crippen LogP contribution >= 0.6 is 11.8 Å². The molecule has 1 aromatic rings. The van der Waals surface area contributed by atoms with E-state index in [0.717, 1.165) is 30.7 Å². The Morgan fingerprint density at radius 3 is 2.52 bits per heavy atom. The lowest BCUT2D eigenvalue weighted by Crippen LogP contribution is -2.63. The first kappa shape index (κ1) is 16.9.